The lowest BCUT2D eigenvalue weighted by Gasteiger charge is -2.19. The number of hydrogen-bond donors (Lipinski definition) is 4. The summed E-state index contributed by atoms with van der Waals surface area (Å²) < 4.78 is 10.1. The first kappa shape index (κ1) is 22.2. The molecule has 160 valence electrons. The zero-order valence-electron chi connectivity index (χ0n) is 15.8. The molecular formula is C20H19Cl2NO7. The summed E-state index contributed by atoms with van der Waals surface area (Å²) in [4.78, 5) is 22.6. The second-order valence-electron chi connectivity index (χ2n) is 6.88. The molecule has 4 N–H and O–H groups in total. The number of ether oxygens (including phenoxy) is 2. The zero-order chi connectivity index (χ0) is 22.1. The van der Waals surface area contributed by atoms with Gasteiger partial charge in [0.05, 0.1) is 16.1 Å². The van der Waals surface area contributed by atoms with Crippen molar-refractivity contribution in [1.29, 1.82) is 0 Å². The molecule has 1 aliphatic heterocycles. The summed E-state index contributed by atoms with van der Waals surface area (Å²) in [6.45, 7) is 2.13. The molecule has 0 saturated carbocycles. The fraction of sp³-hybridized carbons (Fsp3) is 0.300. The minimum Gasteiger partial charge on any atom is -0.475 e. The Labute approximate surface area is 181 Å². The molecule has 3 rings (SSSR count). The van der Waals surface area contributed by atoms with E-state index in [-0.39, 0.29) is 24.1 Å². The highest BCUT2D eigenvalue weighted by Crippen LogP contribution is 2.40. The first-order valence-electron chi connectivity index (χ1n) is 8.97. The quantitative estimate of drug-likeness (QED) is 0.447. The number of carboxylic acids is 2. The first-order valence-corrected chi connectivity index (χ1v) is 9.72. The Morgan fingerprint density at radius 3 is 2.43 bits per heavy atom. The van der Waals surface area contributed by atoms with E-state index in [1.54, 1.807) is 24.3 Å². The molecule has 30 heavy (non-hydrogen) atoms. The number of hydrogen-bond acceptors (Lipinski definition) is 6. The fourth-order valence-electron chi connectivity index (χ4n) is 3.07. The van der Waals surface area contributed by atoms with Crippen molar-refractivity contribution in [2.75, 3.05) is 6.54 Å². The molecule has 10 heteroatoms. The Hall–Kier alpha value is -2.52. The highest BCUT2D eigenvalue weighted by atomic mass is 35.5. The van der Waals surface area contributed by atoms with Crippen molar-refractivity contribution in [3.05, 3.63) is 57.6 Å². The van der Waals surface area contributed by atoms with Gasteiger partial charge in [-0.3, -0.25) is 0 Å². The standard InChI is InChI=1S/C20H19Cl2NO7/c1-10(23-9-14(24)12-3-2-4-13(21)17(12)22)7-11-5-6-15-16(8-11)30-20(29-15,18(25)26)19(27)28/h2-6,8,10,14,23-24H,7,9H2,1H3,(H,25,26)(H,27,28). The molecule has 0 fully saturated rings. The van der Waals surface area contributed by atoms with Crippen molar-refractivity contribution < 1.29 is 34.4 Å². The number of nitrogens with one attached hydrogen (secondary N) is 1. The van der Waals surface area contributed by atoms with Crippen molar-refractivity contribution in [1.82, 2.24) is 5.32 Å². The van der Waals surface area contributed by atoms with Crippen molar-refractivity contribution in [3.63, 3.8) is 0 Å². The molecule has 0 aromatic heterocycles. The van der Waals surface area contributed by atoms with E-state index in [4.69, 9.17) is 32.7 Å². The Kier molecular flexibility index (Phi) is 6.42. The summed E-state index contributed by atoms with van der Waals surface area (Å²) in [6, 6.07) is 9.64. The molecule has 2 aromatic rings. The fourth-order valence-corrected chi connectivity index (χ4v) is 3.50. The Balaban J connectivity index is 1.62. The number of halogens is 2. The van der Waals surface area contributed by atoms with E-state index in [1.807, 2.05) is 6.92 Å². The normalized spacial score (nSPS) is 16.1. The van der Waals surface area contributed by atoms with Crippen LogP contribution in [-0.4, -0.2) is 45.6 Å². The first-order chi connectivity index (χ1) is 14.1. The van der Waals surface area contributed by atoms with E-state index in [9.17, 15) is 24.9 Å². The topological polar surface area (TPSA) is 125 Å². The van der Waals surface area contributed by atoms with Crippen LogP contribution in [0.3, 0.4) is 0 Å². The number of rotatable bonds is 8. The molecule has 0 amide bonds. The maximum Gasteiger partial charge on any atom is 0.453 e. The number of benzene rings is 2. The van der Waals surface area contributed by atoms with Gasteiger partial charge >= 0.3 is 17.7 Å². The van der Waals surface area contributed by atoms with Gasteiger partial charge in [-0.1, -0.05) is 41.4 Å². The number of fused-ring (bicyclic) bond motifs is 1. The lowest BCUT2D eigenvalue weighted by molar-refractivity contribution is -0.194. The van der Waals surface area contributed by atoms with Crippen molar-refractivity contribution in [2.24, 2.45) is 0 Å². The molecule has 1 aliphatic rings. The second kappa shape index (κ2) is 8.69. The molecule has 0 radical (unpaired) electrons. The summed E-state index contributed by atoms with van der Waals surface area (Å²) in [5, 5.41) is 32.6. The van der Waals surface area contributed by atoms with Crippen molar-refractivity contribution in [3.8, 4) is 11.5 Å². The van der Waals surface area contributed by atoms with Gasteiger partial charge in [0, 0.05) is 18.2 Å². The van der Waals surface area contributed by atoms with E-state index in [0.717, 1.165) is 5.56 Å². The van der Waals surface area contributed by atoms with Gasteiger partial charge < -0.3 is 30.1 Å². The van der Waals surface area contributed by atoms with Crippen molar-refractivity contribution >= 4 is 35.1 Å². The molecule has 0 saturated heterocycles. The lowest BCUT2D eigenvalue weighted by Crippen LogP contribution is -2.54. The number of carbonyl (C=O) groups is 2. The Morgan fingerprint density at radius 1 is 1.10 bits per heavy atom. The van der Waals surface area contributed by atoms with Crippen LogP contribution in [0.1, 0.15) is 24.2 Å². The Bertz CT molecular complexity index is 968. The molecule has 0 aliphatic carbocycles. The van der Waals surface area contributed by atoms with Crippen LogP contribution in [0.2, 0.25) is 10.0 Å². The van der Waals surface area contributed by atoms with Crippen LogP contribution in [0.15, 0.2) is 36.4 Å². The largest absolute Gasteiger partial charge is 0.475 e. The molecule has 0 spiro atoms. The highest BCUT2D eigenvalue weighted by molar-refractivity contribution is 6.42. The second-order valence-corrected chi connectivity index (χ2v) is 7.67. The van der Waals surface area contributed by atoms with Crippen LogP contribution >= 0.6 is 23.2 Å². The molecule has 0 bridgehead atoms. The number of aliphatic carboxylic acids is 2. The number of aliphatic hydroxyl groups is 1. The van der Waals surface area contributed by atoms with Crippen LogP contribution in [0, 0.1) is 0 Å². The van der Waals surface area contributed by atoms with Crippen LogP contribution in [-0.2, 0) is 16.0 Å². The highest BCUT2D eigenvalue weighted by Gasteiger charge is 2.57. The summed E-state index contributed by atoms with van der Waals surface area (Å²) in [5.74, 6) is -6.22. The van der Waals surface area contributed by atoms with Gasteiger partial charge in [0.1, 0.15) is 0 Å². The zero-order valence-corrected chi connectivity index (χ0v) is 17.3. The average molecular weight is 456 g/mol. The third-order valence-electron chi connectivity index (χ3n) is 4.62. The molecule has 1 heterocycles. The van der Waals surface area contributed by atoms with Crippen molar-refractivity contribution in [2.45, 2.75) is 31.3 Å². The number of carboxylic acid groups (broad SMARTS) is 2. The van der Waals surface area contributed by atoms with Gasteiger partial charge in [0.15, 0.2) is 11.5 Å². The third-order valence-corrected chi connectivity index (χ3v) is 5.45. The Morgan fingerprint density at radius 2 is 1.77 bits per heavy atom. The summed E-state index contributed by atoms with van der Waals surface area (Å²) in [7, 11) is 0. The van der Waals surface area contributed by atoms with Gasteiger partial charge in [-0.25, -0.2) is 9.59 Å². The van der Waals surface area contributed by atoms with Gasteiger partial charge in [-0.15, -0.1) is 0 Å². The van der Waals surface area contributed by atoms with Gasteiger partial charge in [0.25, 0.3) is 0 Å². The summed E-state index contributed by atoms with van der Waals surface area (Å²) in [5.41, 5.74) is 1.28. The van der Waals surface area contributed by atoms with Gasteiger partial charge in [-0.2, -0.15) is 0 Å². The molecule has 8 nitrogen and oxygen atoms in total. The predicted molar refractivity (Wildman–Crippen MR) is 108 cm³/mol. The van der Waals surface area contributed by atoms with Gasteiger partial charge in [0.2, 0.25) is 0 Å². The van der Waals surface area contributed by atoms with Crippen LogP contribution < -0.4 is 14.8 Å². The molecule has 2 atom stereocenters. The molecular weight excluding hydrogens is 437 g/mol. The monoisotopic (exact) mass is 455 g/mol. The maximum absolute atomic E-state index is 11.3. The minimum absolute atomic E-state index is 0.0372. The summed E-state index contributed by atoms with van der Waals surface area (Å²) >= 11 is 12.1. The smallest absolute Gasteiger partial charge is 0.453 e. The van der Waals surface area contributed by atoms with E-state index in [0.29, 0.717) is 22.0 Å². The third kappa shape index (κ3) is 4.32. The van der Waals surface area contributed by atoms with Crippen LogP contribution in [0.5, 0.6) is 11.5 Å². The van der Waals surface area contributed by atoms with E-state index < -0.39 is 23.8 Å². The molecule has 2 aromatic carbocycles. The predicted octanol–water partition coefficient (Wildman–Crippen LogP) is 2.88. The van der Waals surface area contributed by atoms with E-state index in [1.165, 1.54) is 12.1 Å². The molecule has 2 unspecified atom stereocenters. The van der Waals surface area contributed by atoms with Gasteiger partial charge in [-0.05, 0) is 37.1 Å². The lowest BCUT2D eigenvalue weighted by atomic mass is 10.1. The maximum atomic E-state index is 11.3. The summed E-state index contributed by atoms with van der Waals surface area (Å²) in [6.07, 6.45) is -0.359. The SMILES string of the molecule is CC(Cc1ccc2c(c1)OC(C(=O)O)(C(=O)O)O2)NCC(O)c1cccc(Cl)c1Cl. The van der Waals surface area contributed by atoms with E-state index in [2.05, 4.69) is 5.32 Å². The minimum atomic E-state index is -2.79. The van der Waals surface area contributed by atoms with Crippen LogP contribution in [0.25, 0.3) is 0 Å². The van der Waals surface area contributed by atoms with Crippen LogP contribution in [0.4, 0.5) is 0 Å². The van der Waals surface area contributed by atoms with E-state index >= 15 is 0 Å². The average Bonchev–Trinajstić information content (AvgIpc) is 3.09. The number of aliphatic hydroxyl groups excluding tert-OH is 1.